The average Bonchev–Trinajstić information content (AvgIpc) is 3.15. The number of benzene rings is 2. The predicted molar refractivity (Wildman–Crippen MR) is 115 cm³/mol. The third kappa shape index (κ3) is 4.93. The van der Waals surface area contributed by atoms with Crippen LogP contribution in [-0.4, -0.2) is 32.2 Å². The SMILES string of the molecule is COc1cc(C(=O)Nc2ncc(Cc3ccc(Cl)cc3Cl)s2)cc(OC)c1OC. The molecule has 0 saturated heterocycles. The maximum atomic E-state index is 12.7. The highest BCUT2D eigenvalue weighted by Crippen LogP contribution is 2.38. The molecule has 0 fully saturated rings. The van der Waals surface area contributed by atoms with Crippen LogP contribution in [0, 0.1) is 0 Å². The molecule has 3 rings (SSSR count). The van der Waals surface area contributed by atoms with Gasteiger partial charge >= 0.3 is 0 Å². The number of halogens is 2. The van der Waals surface area contributed by atoms with Crippen molar-refractivity contribution in [3.05, 3.63) is 62.6 Å². The van der Waals surface area contributed by atoms with E-state index in [2.05, 4.69) is 10.3 Å². The summed E-state index contributed by atoms with van der Waals surface area (Å²) in [6.07, 6.45) is 2.30. The first kappa shape index (κ1) is 21.2. The van der Waals surface area contributed by atoms with E-state index >= 15 is 0 Å². The van der Waals surface area contributed by atoms with Crippen molar-refractivity contribution in [1.29, 1.82) is 0 Å². The molecule has 29 heavy (non-hydrogen) atoms. The zero-order chi connectivity index (χ0) is 21.0. The minimum absolute atomic E-state index is 0.338. The lowest BCUT2D eigenvalue weighted by Gasteiger charge is -2.13. The number of aromatic nitrogens is 1. The number of amides is 1. The molecule has 1 amide bonds. The Bertz CT molecular complexity index is 1010. The number of nitrogens with zero attached hydrogens (tertiary/aromatic N) is 1. The summed E-state index contributed by atoms with van der Waals surface area (Å²) in [6.45, 7) is 0. The Hall–Kier alpha value is -2.48. The third-order valence-electron chi connectivity index (χ3n) is 4.08. The fourth-order valence-electron chi connectivity index (χ4n) is 2.68. The summed E-state index contributed by atoms with van der Waals surface area (Å²) in [5.74, 6) is 0.876. The van der Waals surface area contributed by atoms with Crippen molar-refractivity contribution in [3.63, 3.8) is 0 Å². The predicted octanol–water partition coefficient (Wildman–Crippen LogP) is 5.32. The largest absolute Gasteiger partial charge is 0.493 e. The number of carbonyl (C=O) groups excluding carboxylic acids is 1. The van der Waals surface area contributed by atoms with E-state index in [4.69, 9.17) is 37.4 Å². The summed E-state index contributed by atoms with van der Waals surface area (Å²) >= 11 is 13.5. The van der Waals surface area contributed by atoms with E-state index in [9.17, 15) is 4.79 Å². The Kier molecular flexibility index (Phi) is 6.84. The summed E-state index contributed by atoms with van der Waals surface area (Å²) in [7, 11) is 4.49. The fraction of sp³-hybridized carbons (Fsp3) is 0.200. The zero-order valence-corrected chi connectivity index (χ0v) is 18.2. The van der Waals surface area contributed by atoms with E-state index in [1.54, 1.807) is 30.5 Å². The van der Waals surface area contributed by atoms with E-state index in [0.29, 0.717) is 44.4 Å². The van der Waals surface area contributed by atoms with Crippen LogP contribution in [-0.2, 0) is 6.42 Å². The maximum absolute atomic E-state index is 12.7. The summed E-state index contributed by atoms with van der Waals surface area (Å²) in [4.78, 5) is 17.9. The van der Waals surface area contributed by atoms with Gasteiger partial charge in [0.1, 0.15) is 0 Å². The number of ether oxygens (including phenoxy) is 3. The van der Waals surface area contributed by atoms with Crippen molar-refractivity contribution in [2.75, 3.05) is 26.6 Å². The summed E-state index contributed by atoms with van der Waals surface area (Å²) < 4.78 is 15.9. The highest BCUT2D eigenvalue weighted by molar-refractivity contribution is 7.15. The second-order valence-corrected chi connectivity index (χ2v) is 7.87. The Balaban J connectivity index is 1.76. The number of thiazole rings is 1. The van der Waals surface area contributed by atoms with Crippen molar-refractivity contribution in [2.45, 2.75) is 6.42 Å². The molecule has 0 unspecified atom stereocenters. The molecular formula is C20H18Cl2N2O4S. The minimum atomic E-state index is -0.338. The number of carbonyl (C=O) groups is 1. The first-order chi connectivity index (χ1) is 13.9. The average molecular weight is 453 g/mol. The normalized spacial score (nSPS) is 10.5. The monoisotopic (exact) mass is 452 g/mol. The van der Waals surface area contributed by atoms with Gasteiger partial charge < -0.3 is 14.2 Å². The first-order valence-electron chi connectivity index (χ1n) is 8.45. The van der Waals surface area contributed by atoms with Gasteiger partial charge in [-0.25, -0.2) is 4.98 Å². The molecule has 2 aromatic carbocycles. The van der Waals surface area contributed by atoms with Gasteiger partial charge in [0.15, 0.2) is 16.6 Å². The van der Waals surface area contributed by atoms with E-state index in [0.717, 1.165) is 10.4 Å². The molecule has 0 aliphatic carbocycles. The van der Waals surface area contributed by atoms with Crippen molar-refractivity contribution < 1.29 is 19.0 Å². The number of hydrogen-bond donors (Lipinski definition) is 1. The second kappa shape index (κ2) is 9.35. The van der Waals surface area contributed by atoms with Gasteiger partial charge in [-0.05, 0) is 29.8 Å². The molecule has 0 spiro atoms. The molecule has 0 aliphatic rings. The fourth-order valence-corrected chi connectivity index (χ4v) is 3.99. The maximum Gasteiger partial charge on any atom is 0.257 e. The zero-order valence-electron chi connectivity index (χ0n) is 15.9. The van der Waals surface area contributed by atoms with Crippen molar-refractivity contribution >= 4 is 45.6 Å². The van der Waals surface area contributed by atoms with E-state index in [-0.39, 0.29) is 5.91 Å². The molecule has 152 valence electrons. The van der Waals surface area contributed by atoms with Crippen LogP contribution < -0.4 is 19.5 Å². The van der Waals surface area contributed by atoms with Gasteiger partial charge in [-0.1, -0.05) is 29.3 Å². The number of rotatable bonds is 7. The van der Waals surface area contributed by atoms with E-state index < -0.39 is 0 Å². The van der Waals surface area contributed by atoms with Gasteiger partial charge in [0.25, 0.3) is 5.91 Å². The van der Waals surface area contributed by atoms with Gasteiger partial charge in [0, 0.05) is 33.1 Å². The number of methoxy groups -OCH3 is 3. The minimum Gasteiger partial charge on any atom is -0.493 e. The Morgan fingerprint density at radius 1 is 1.07 bits per heavy atom. The molecule has 9 heteroatoms. The quantitative estimate of drug-likeness (QED) is 0.525. The van der Waals surface area contributed by atoms with E-state index in [1.807, 2.05) is 6.07 Å². The molecule has 1 aromatic heterocycles. The summed E-state index contributed by atoms with van der Waals surface area (Å²) in [5.41, 5.74) is 1.29. The Labute approximate surface area is 182 Å². The van der Waals surface area contributed by atoms with Crippen molar-refractivity contribution in [1.82, 2.24) is 4.98 Å². The molecule has 0 atom stereocenters. The van der Waals surface area contributed by atoms with Crippen LogP contribution in [0.3, 0.4) is 0 Å². The van der Waals surface area contributed by atoms with Crippen LogP contribution in [0.25, 0.3) is 0 Å². The van der Waals surface area contributed by atoms with Gasteiger partial charge in [0.2, 0.25) is 5.75 Å². The number of nitrogens with one attached hydrogen (secondary N) is 1. The summed E-state index contributed by atoms with van der Waals surface area (Å²) in [5, 5.41) is 4.44. The van der Waals surface area contributed by atoms with Crippen molar-refractivity contribution in [3.8, 4) is 17.2 Å². The van der Waals surface area contributed by atoms with Gasteiger partial charge in [-0.15, -0.1) is 11.3 Å². The molecular weight excluding hydrogens is 435 g/mol. The summed E-state index contributed by atoms with van der Waals surface area (Å²) in [6, 6.07) is 8.53. The molecule has 0 aliphatic heterocycles. The Morgan fingerprint density at radius 2 is 1.76 bits per heavy atom. The van der Waals surface area contributed by atoms with Crippen molar-refractivity contribution in [2.24, 2.45) is 0 Å². The lowest BCUT2D eigenvalue weighted by molar-refractivity contribution is 0.102. The lowest BCUT2D eigenvalue weighted by Crippen LogP contribution is -2.12. The van der Waals surface area contributed by atoms with Gasteiger partial charge in [-0.3, -0.25) is 10.1 Å². The molecule has 1 heterocycles. The second-order valence-electron chi connectivity index (χ2n) is 5.91. The smallest absolute Gasteiger partial charge is 0.257 e. The molecule has 0 radical (unpaired) electrons. The number of anilines is 1. The van der Waals surface area contributed by atoms with Crippen LogP contribution in [0.5, 0.6) is 17.2 Å². The van der Waals surface area contributed by atoms with Crippen LogP contribution in [0.4, 0.5) is 5.13 Å². The molecule has 0 saturated carbocycles. The lowest BCUT2D eigenvalue weighted by atomic mass is 10.1. The molecule has 6 nitrogen and oxygen atoms in total. The van der Waals surface area contributed by atoms with Crippen LogP contribution in [0.2, 0.25) is 10.0 Å². The number of hydrogen-bond acceptors (Lipinski definition) is 6. The van der Waals surface area contributed by atoms with Gasteiger partial charge in [0.05, 0.1) is 21.3 Å². The highest BCUT2D eigenvalue weighted by Gasteiger charge is 2.18. The standard InChI is InChI=1S/C20H18Cl2N2O4S/c1-26-16-7-12(8-17(27-2)18(16)28-3)19(25)24-20-23-10-14(29-20)6-11-4-5-13(21)9-15(11)22/h4-5,7-10H,6H2,1-3H3,(H,23,24,25). The topological polar surface area (TPSA) is 69.7 Å². The Morgan fingerprint density at radius 3 is 2.34 bits per heavy atom. The van der Waals surface area contributed by atoms with Crippen LogP contribution >= 0.6 is 34.5 Å². The highest BCUT2D eigenvalue weighted by atomic mass is 35.5. The van der Waals surface area contributed by atoms with E-state index in [1.165, 1.54) is 32.7 Å². The van der Waals surface area contributed by atoms with Gasteiger partial charge in [-0.2, -0.15) is 0 Å². The van der Waals surface area contributed by atoms with Crippen LogP contribution in [0.1, 0.15) is 20.8 Å². The molecule has 1 N–H and O–H groups in total. The first-order valence-corrected chi connectivity index (χ1v) is 10.0. The molecule has 3 aromatic rings. The molecule has 0 bridgehead atoms. The van der Waals surface area contributed by atoms with Crippen LogP contribution in [0.15, 0.2) is 36.5 Å². The third-order valence-corrected chi connectivity index (χ3v) is 5.58.